The first-order valence-corrected chi connectivity index (χ1v) is 6.97. The highest BCUT2D eigenvalue weighted by Gasteiger charge is 2.28. The highest BCUT2D eigenvalue weighted by molar-refractivity contribution is 5.05. The summed E-state index contributed by atoms with van der Waals surface area (Å²) in [4.78, 5) is 4.74. The fourth-order valence-corrected chi connectivity index (χ4v) is 2.93. The van der Waals surface area contributed by atoms with Crippen LogP contribution in [0.2, 0.25) is 0 Å². The molecule has 0 spiro atoms. The third kappa shape index (κ3) is 2.23. The lowest BCUT2D eigenvalue weighted by atomic mass is 9.88. The summed E-state index contributed by atoms with van der Waals surface area (Å²) >= 11 is 0. The van der Waals surface area contributed by atoms with Crippen LogP contribution in [-0.4, -0.2) is 28.3 Å². The maximum Gasteiger partial charge on any atom is 0.153 e. The summed E-state index contributed by atoms with van der Waals surface area (Å²) < 4.78 is 0. The molecule has 2 aliphatic rings. The average molecular weight is 234 g/mol. The Hall–Kier alpha value is -0.900. The van der Waals surface area contributed by atoms with Gasteiger partial charge in [0.2, 0.25) is 0 Å². The van der Waals surface area contributed by atoms with Gasteiger partial charge in [0.1, 0.15) is 5.82 Å². The van der Waals surface area contributed by atoms with Crippen molar-refractivity contribution in [2.24, 2.45) is 5.92 Å². The van der Waals surface area contributed by atoms with Crippen molar-refractivity contribution < 1.29 is 0 Å². The molecule has 0 bridgehead atoms. The van der Waals surface area contributed by atoms with Gasteiger partial charge in [-0.15, -0.1) is 0 Å². The van der Waals surface area contributed by atoms with Gasteiger partial charge in [-0.05, 0) is 31.8 Å². The average Bonchev–Trinajstić information content (AvgIpc) is 2.77. The number of nitrogens with zero attached hydrogens (tertiary/aromatic N) is 2. The molecule has 2 heterocycles. The summed E-state index contributed by atoms with van der Waals surface area (Å²) in [6.45, 7) is 4.49. The molecule has 2 fully saturated rings. The lowest BCUT2D eigenvalue weighted by molar-refractivity contribution is 0.296. The second-order valence-electron chi connectivity index (χ2n) is 5.62. The minimum Gasteiger partial charge on any atom is -0.316 e. The first-order chi connectivity index (χ1) is 8.34. The molecule has 0 radical (unpaired) electrons. The van der Waals surface area contributed by atoms with Gasteiger partial charge in [0.05, 0.1) is 0 Å². The third-order valence-electron chi connectivity index (χ3n) is 4.44. The topological polar surface area (TPSA) is 53.6 Å². The van der Waals surface area contributed by atoms with E-state index in [1.807, 2.05) is 0 Å². The van der Waals surface area contributed by atoms with Gasteiger partial charge in [-0.3, -0.25) is 5.10 Å². The molecule has 1 aliphatic carbocycles. The number of aromatic nitrogens is 3. The third-order valence-corrected chi connectivity index (χ3v) is 4.44. The van der Waals surface area contributed by atoms with E-state index in [2.05, 4.69) is 22.4 Å². The highest BCUT2D eigenvalue weighted by Crippen LogP contribution is 2.32. The minimum absolute atomic E-state index is 0.491. The van der Waals surface area contributed by atoms with E-state index in [1.165, 1.54) is 32.1 Å². The van der Waals surface area contributed by atoms with Crippen LogP contribution in [0.5, 0.6) is 0 Å². The molecular formula is C13H22N4. The standard InChI is InChI=1S/C13H22N4/c1-9(11-7-14-8-11)12-15-13(17-16-12)10-5-3-2-4-6-10/h9-11,14H,2-8H2,1H3,(H,15,16,17). The Morgan fingerprint density at radius 3 is 2.59 bits per heavy atom. The molecule has 1 atom stereocenters. The van der Waals surface area contributed by atoms with Gasteiger partial charge in [0, 0.05) is 11.8 Å². The molecule has 4 nitrogen and oxygen atoms in total. The van der Waals surface area contributed by atoms with E-state index in [4.69, 9.17) is 4.98 Å². The number of H-pyrrole nitrogens is 1. The van der Waals surface area contributed by atoms with E-state index in [0.29, 0.717) is 11.8 Å². The van der Waals surface area contributed by atoms with E-state index in [0.717, 1.165) is 30.7 Å². The fraction of sp³-hybridized carbons (Fsp3) is 0.846. The largest absolute Gasteiger partial charge is 0.316 e. The predicted molar refractivity (Wildman–Crippen MR) is 67.0 cm³/mol. The Labute approximate surface area is 103 Å². The van der Waals surface area contributed by atoms with Crippen LogP contribution >= 0.6 is 0 Å². The Balaban J connectivity index is 1.68. The van der Waals surface area contributed by atoms with Crippen molar-refractivity contribution >= 4 is 0 Å². The van der Waals surface area contributed by atoms with Crippen molar-refractivity contribution in [3.8, 4) is 0 Å². The highest BCUT2D eigenvalue weighted by atomic mass is 15.2. The Morgan fingerprint density at radius 1 is 1.18 bits per heavy atom. The Bertz CT molecular complexity index is 347. The zero-order valence-electron chi connectivity index (χ0n) is 10.6. The van der Waals surface area contributed by atoms with Crippen molar-refractivity contribution in [3.63, 3.8) is 0 Å². The molecule has 0 aromatic carbocycles. The monoisotopic (exact) mass is 234 g/mol. The van der Waals surface area contributed by atoms with Gasteiger partial charge in [-0.2, -0.15) is 5.10 Å². The van der Waals surface area contributed by atoms with E-state index in [1.54, 1.807) is 0 Å². The molecule has 1 aromatic heterocycles. The predicted octanol–water partition coefficient (Wildman–Crippen LogP) is 2.18. The molecule has 4 heteroatoms. The van der Waals surface area contributed by atoms with Crippen LogP contribution in [0.15, 0.2) is 0 Å². The van der Waals surface area contributed by atoms with Crippen LogP contribution in [0.1, 0.15) is 62.5 Å². The fourth-order valence-electron chi connectivity index (χ4n) is 2.93. The SMILES string of the molecule is CC(c1n[nH]c(C2CCCCC2)n1)C1CNC1. The van der Waals surface area contributed by atoms with Gasteiger partial charge in [-0.25, -0.2) is 4.98 Å². The van der Waals surface area contributed by atoms with Gasteiger partial charge in [0.15, 0.2) is 5.82 Å². The van der Waals surface area contributed by atoms with Crippen LogP contribution < -0.4 is 5.32 Å². The van der Waals surface area contributed by atoms with Crippen molar-refractivity contribution in [2.75, 3.05) is 13.1 Å². The van der Waals surface area contributed by atoms with Gasteiger partial charge < -0.3 is 5.32 Å². The zero-order chi connectivity index (χ0) is 11.7. The second-order valence-corrected chi connectivity index (χ2v) is 5.62. The van der Waals surface area contributed by atoms with E-state index >= 15 is 0 Å². The summed E-state index contributed by atoms with van der Waals surface area (Å²) in [5, 5.41) is 10.9. The summed E-state index contributed by atoms with van der Waals surface area (Å²) in [6, 6.07) is 0. The van der Waals surface area contributed by atoms with Gasteiger partial charge >= 0.3 is 0 Å². The van der Waals surface area contributed by atoms with Crippen LogP contribution in [0.4, 0.5) is 0 Å². The molecule has 1 saturated carbocycles. The molecular weight excluding hydrogens is 212 g/mol. The summed E-state index contributed by atoms with van der Waals surface area (Å²) in [7, 11) is 0. The lowest BCUT2D eigenvalue weighted by Crippen LogP contribution is -2.44. The van der Waals surface area contributed by atoms with Crippen LogP contribution in [-0.2, 0) is 0 Å². The smallest absolute Gasteiger partial charge is 0.153 e. The molecule has 0 amide bonds. The van der Waals surface area contributed by atoms with Crippen molar-refractivity contribution in [1.82, 2.24) is 20.5 Å². The number of rotatable bonds is 3. The van der Waals surface area contributed by atoms with Crippen LogP contribution in [0, 0.1) is 5.92 Å². The van der Waals surface area contributed by atoms with Crippen LogP contribution in [0.3, 0.4) is 0 Å². The number of hydrogen-bond donors (Lipinski definition) is 2. The normalized spacial score (nSPS) is 24.5. The van der Waals surface area contributed by atoms with Gasteiger partial charge in [-0.1, -0.05) is 26.2 Å². The molecule has 1 saturated heterocycles. The van der Waals surface area contributed by atoms with Crippen molar-refractivity contribution in [3.05, 3.63) is 11.6 Å². The molecule has 2 N–H and O–H groups in total. The first-order valence-electron chi connectivity index (χ1n) is 6.97. The molecule has 3 rings (SSSR count). The Morgan fingerprint density at radius 2 is 1.94 bits per heavy atom. The zero-order valence-corrected chi connectivity index (χ0v) is 10.6. The lowest BCUT2D eigenvalue weighted by Gasteiger charge is -2.31. The number of hydrogen-bond acceptors (Lipinski definition) is 3. The summed E-state index contributed by atoms with van der Waals surface area (Å²) in [5.41, 5.74) is 0. The summed E-state index contributed by atoms with van der Waals surface area (Å²) in [5.74, 6) is 4.02. The van der Waals surface area contributed by atoms with Crippen molar-refractivity contribution in [1.29, 1.82) is 0 Å². The maximum atomic E-state index is 4.74. The molecule has 1 aromatic rings. The summed E-state index contributed by atoms with van der Waals surface area (Å²) in [6.07, 6.45) is 6.66. The molecule has 17 heavy (non-hydrogen) atoms. The quantitative estimate of drug-likeness (QED) is 0.842. The minimum atomic E-state index is 0.491. The molecule has 1 aliphatic heterocycles. The van der Waals surface area contributed by atoms with Gasteiger partial charge in [0.25, 0.3) is 0 Å². The van der Waals surface area contributed by atoms with E-state index in [-0.39, 0.29) is 0 Å². The van der Waals surface area contributed by atoms with E-state index < -0.39 is 0 Å². The van der Waals surface area contributed by atoms with Crippen molar-refractivity contribution in [2.45, 2.75) is 50.9 Å². The van der Waals surface area contributed by atoms with Crippen LogP contribution in [0.25, 0.3) is 0 Å². The maximum absolute atomic E-state index is 4.74. The second kappa shape index (κ2) is 4.77. The number of nitrogens with one attached hydrogen (secondary N) is 2. The molecule has 94 valence electrons. The van der Waals surface area contributed by atoms with E-state index in [9.17, 15) is 0 Å². The number of aromatic amines is 1. The molecule has 1 unspecified atom stereocenters. The first kappa shape index (κ1) is 11.2. The Kier molecular flexibility index (Phi) is 3.14.